The van der Waals surface area contributed by atoms with E-state index in [9.17, 15) is 13.2 Å². The monoisotopic (exact) mass is 522 g/mol. The Morgan fingerprint density at radius 3 is 2.21 bits per heavy atom. The van der Waals surface area contributed by atoms with E-state index in [2.05, 4.69) is 5.32 Å². The van der Waals surface area contributed by atoms with E-state index in [1.165, 1.54) is 26.4 Å². The molecule has 1 amide bonds. The highest BCUT2D eigenvalue weighted by Gasteiger charge is 2.27. The number of nitrogens with zero attached hydrogens (tertiary/aromatic N) is 1. The van der Waals surface area contributed by atoms with Crippen LogP contribution in [-0.2, 0) is 21.4 Å². The molecule has 0 saturated carbocycles. The summed E-state index contributed by atoms with van der Waals surface area (Å²) in [5, 5.41) is 3.35. The van der Waals surface area contributed by atoms with Crippen molar-refractivity contribution >= 4 is 44.8 Å². The zero-order valence-electron chi connectivity index (χ0n) is 18.8. The third kappa shape index (κ3) is 6.21. The number of anilines is 1. The van der Waals surface area contributed by atoms with Gasteiger partial charge in [-0.15, -0.1) is 0 Å². The summed E-state index contributed by atoms with van der Waals surface area (Å²) in [6, 6.07) is 16.1. The van der Waals surface area contributed by atoms with Crippen molar-refractivity contribution in [1.82, 2.24) is 4.31 Å². The Kier molecular flexibility index (Phi) is 8.43. The number of rotatable bonds is 9. The lowest BCUT2D eigenvalue weighted by Crippen LogP contribution is -2.37. The summed E-state index contributed by atoms with van der Waals surface area (Å²) in [6.45, 7) is 1.36. The fraction of sp³-hybridized carbons (Fsp3) is 0.208. The first kappa shape index (κ1) is 25.8. The van der Waals surface area contributed by atoms with Crippen molar-refractivity contribution < 1.29 is 22.7 Å². The van der Waals surface area contributed by atoms with Gasteiger partial charge in [0.1, 0.15) is 0 Å². The number of amides is 1. The molecule has 3 aromatic rings. The van der Waals surface area contributed by atoms with Crippen molar-refractivity contribution in [2.75, 3.05) is 26.1 Å². The molecule has 0 saturated heterocycles. The second-order valence-electron chi connectivity index (χ2n) is 7.45. The number of carbonyl (C=O) groups is 1. The Labute approximate surface area is 209 Å². The van der Waals surface area contributed by atoms with Gasteiger partial charge in [0.05, 0.1) is 35.7 Å². The molecule has 180 valence electrons. The predicted octanol–water partition coefficient (Wildman–Crippen LogP) is 5.15. The van der Waals surface area contributed by atoms with Crippen molar-refractivity contribution in [3.8, 4) is 11.5 Å². The normalized spacial score (nSPS) is 11.4. The van der Waals surface area contributed by atoms with Gasteiger partial charge in [-0.1, -0.05) is 47.0 Å². The van der Waals surface area contributed by atoms with E-state index >= 15 is 0 Å². The minimum atomic E-state index is -4.00. The molecule has 0 aliphatic carbocycles. The Morgan fingerprint density at radius 2 is 1.59 bits per heavy atom. The summed E-state index contributed by atoms with van der Waals surface area (Å²) in [6.07, 6.45) is 0. The van der Waals surface area contributed by atoms with Gasteiger partial charge < -0.3 is 14.8 Å². The number of methoxy groups -OCH3 is 2. The number of benzene rings is 3. The molecule has 0 unspecified atom stereocenters. The largest absolute Gasteiger partial charge is 0.493 e. The van der Waals surface area contributed by atoms with Crippen molar-refractivity contribution in [2.24, 2.45) is 0 Å². The second kappa shape index (κ2) is 11.1. The standard InChI is InChI=1S/C24H24Cl2N2O5S/c1-16-4-8-19(9-5-16)34(30,31)28(14-17-6-10-20(25)21(26)12-17)15-24(29)27-18-7-11-22(32-2)23(13-18)33-3/h4-13H,14-15H2,1-3H3,(H,27,29). The molecule has 10 heteroatoms. The van der Waals surface area contributed by atoms with Crippen LogP contribution in [0.1, 0.15) is 11.1 Å². The van der Waals surface area contributed by atoms with Gasteiger partial charge in [-0.2, -0.15) is 4.31 Å². The molecule has 0 aromatic heterocycles. The number of ether oxygens (including phenoxy) is 2. The maximum atomic E-state index is 13.4. The molecular formula is C24H24Cl2N2O5S. The molecule has 0 aliphatic heterocycles. The number of nitrogens with one attached hydrogen (secondary N) is 1. The van der Waals surface area contributed by atoms with E-state index in [4.69, 9.17) is 32.7 Å². The Balaban J connectivity index is 1.89. The Morgan fingerprint density at radius 1 is 0.912 bits per heavy atom. The van der Waals surface area contributed by atoms with Crippen molar-refractivity contribution in [2.45, 2.75) is 18.4 Å². The number of aryl methyl sites for hydroxylation is 1. The van der Waals surface area contributed by atoms with Gasteiger partial charge >= 0.3 is 0 Å². The molecule has 0 fully saturated rings. The lowest BCUT2D eigenvalue weighted by molar-refractivity contribution is -0.116. The average molecular weight is 523 g/mol. The van der Waals surface area contributed by atoms with Gasteiger partial charge in [0.2, 0.25) is 15.9 Å². The summed E-state index contributed by atoms with van der Waals surface area (Å²) in [7, 11) is -1.01. The SMILES string of the molecule is COc1ccc(NC(=O)CN(Cc2ccc(Cl)c(Cl)c2)S(=O)(=O)c2ccc(C)cc2)cc1OC. The summed E-state index contributed by atoms with van der Waals surface area (Å²) in [5.41, 5.74) is 1.94. The molecule has 0 atom stereocenters. The van der Waals surface area contributed by atoms with Crippen LogP contribution in [0.2, 0.25) is 10.0 Å². The summed E-state index contributed by atoms with van der Waals surface area (Å²) in [4.78, 5) is 13.0. The molecule has 1 N–H and O–H groups in total. The molecule has 0 radical (unpaired) electrons. The van der Waals surface area contributed by atoms with Gasteiger partial charge in [0.25, 0.3) is 0 Å². The lowest BCUT2D eigenvalue weighted by Gasteiger charge is -2.22. The van der Waals surface area contributed by atoms with Crippen LogP contribution in [0.4, 0.5) is 5.69 Å². The van der Waals surface area contributed by atoms with E-state index < -0.39 is 22.5 Å². The zero-order valence-corrected chi connectivity index (χ0v) is 21.2. The first-order valence-corrected chi connectivity index (χ1v) is 12.4. The summed E-state index contributed by atoms with van der Waals surface area (Å²) < 4.78 is 38.4. The van der Waals surface area contributed by atoms with Crippen LogP contribution < -0.4 is 14.8 Å². The summed E-state index contributed by atoms with van der Waals surface area (Å²) >= 11 is 12.1. The number of sulfonamides is 1. The van der Waals surface area contributed by atoms with E-state index in [0.717, 1.165) is 9.87 Å². The van der Waals surface area contributed by atoms with E-state index in [1.54, 1.807) is 48.5 Å². The van der Waals surface area contributed by atoms with Gasteiger partial charge in [-0.05, 0) is 48.9 Å². The maximum Gasteiger partial charge on any atom is 0.243 e. The molecule has 0 aliphatic rings. The molecule has 34 heavy (non-hydrogen) atoms. The van der Waals surface area contributed by atoms with Crippen LogP contribution in [0, 0.1) is 6.92 Å². The highest BCUT2D eigenvalue weighted by molar-refractivity contribution is 7.89. The first-order valence-electron chi connectivity index (χ1n) is 10.2. The van der Waals surface area contributed by atoms with Crippen molar-refractivity contribution in [1.29, 1.82) is 0 Å². The molecule has 3 aromatic carbocycles. The Bertz CT molecular complexity index is 1280. The van der Waals surface area contributed by atoms with Crippen LogP contribution in [-0.4, -0.2) is 39.4 Å². The number of halogens is 2. The minimum Gasteiger partial charge on any atom is -0.493 e. The van der Waals surface area contributed by atoms with E-state index in [-0.39, 0.29) is 11.4 Å². The van der Waals surface area contributed by atoms with Gasteiger partial charge in [-0.25, -0.2) is 8.42 Å². The highest BCUT2D eigenvalue weighted by Crippen LogP contribution is 2.30. The minimum absolute atomic E-state index is 0.0769. The van der Waals surface area contributed by atoms with Gasteiger partial charge in [-0.3, -0.25) is 4.79 Å². The van der Waals surface area contributed by atoms with Crippen LogP contribution in [0.5, 0.6) is 11.5 Å². The molecule has 0 heterocycles. The highest BCUT2D eigenvalue weighted by atomic mass is 35.5. The number of carbonyl (C=O) groups excluding carboxylic acids is 1. The fourth-order valence-corrected chi connectivity index (χ4v) is 4.91. The van der Waals surface area contributed by atoms with E-state index in [1.807, 2.05) is 6.92 Å². The smallest absolute Gasteiger partial charge is 0.243 e. The van der Waals surface area contributed by atoms with Crippen LogP contribution in [0.15, 0.2) is 65.6 Å². The van der Waals surface area contributed by atoms with Crippen molar-refractivity contribution in [3.63, 3.8) is 0 Å². The van der Waals surface area contributed by atoms with Gasteiger partial charge in [0, 0.05) is 18.3 Å². The fourth-order valence-electron chi connectivity index (χ4n) is 3.20. The maximum absolute atomic E-state index is 13.4. The number of hydrogen-bond donors (Lipinski definition) is 1. The van der Waals surface area contributed by atoms with Crippen LogP contribution >= 0.6 is 23.2 Å². The molecular weight excluding hydrogens is 499 g/mol. The zero-order chi connectivity index (χ0) is 24.9. The van der Waals surface area contributed by atoms with Crippen LogP contribution in [0.3, 0.4) is 0 Å². The first-order chi connectivity index (χ1) is 16.1. The van der Waals surface area contributed by atoms with Crippen molar-refractivity contribution in [3.05, 3.63) is 81.8 Å². The third-order valence-electron chi connectivity index (χ3n) is 4.99. The molecule has 0 bridgehead atoms. The topological polar surface area (TPSA) is 84.9 Å². The van der Waals surface area contributed by atoms with Crippen LogP contribution in [0.25, 0.3) is 0 Å². The third-order valence-corrected chi connectivity index (χ3v) is 7.53. The lowest BCUT2D eigenvalue weighted by atomic mass is 10.2. The molecule has 7 nitrogen and oxygen atoms in total. The van der Waals surface area contributed by atoms with Gasteiger partial charge in [0.15, 0.2) is 11.5 Å². The molecule has 3 rings (SSSR count). The predicted molar refractivity (Wildman–Crippen MR) is 133 cm³/mol. The quantitative estimate of drug-likeness (QED) is 0.420. The average Bonchev–Trinajstić information content (AvgIpc) is 2.81. The Hall–Kier alpha value is -2.78. The summed E-state index contributed by atoms with van der Waals surface area (Å²) in [5.74, 6) is 0.409. The van der Waals surface area contributed by atoms with E-state index in [0.29, 0.717) is 32.8 Å². The second-order valence-corrected chi connectivity index (χ2v) is 10.2. The molecule has 0 spiro atoms. The number of hydrogen-bond acceptors (Lipinski definition) is 5.